The van der Waals surface area contributed by atoms with Crippen molar-refractivity contribution in [1.82, 2.24) is 0 Å². The maximum atomic E-state index is 5.15. The van der Waals surface area contributed by atoms with Gasteiger partial charge in [-0.05, 0) is 6.42 Å². The highest BCUT2D eigenvalue weighted by molar-refractivity contribution is 5.45. The van der Waals surface area contributed by atoms with Crippen LogP contribution in [0.5, 0.6) is 0 Å². The molecule has 1 aliphatic rings. The first-order chi connectivity index (χ1) is 4.47. The molecule has 1 aliphatic carbocycles. The van der Waals surface area contributed by atoms with Crippen molar-refractivity contribution < 1.29 is 9.40 Å². The van der Waals surface area contributed by atoms with Gasteiger partial charge in [0.2, 0.25) is 5.69 Å². The lowest BCUT2D eigenvalue weighted by Crippen LogP contribution is -2.03. The van der Waals surface area contributed by atoms with Crippen LogP contribution in [-0.2, 0) is 6.42 Å². The summed E-state index contributed by atoms with van der Waals surface area (Å²) in [4.78, 5) is 3.00. The van der Waals surface area contributed by atoms with E-state index in [0.29, 0.717) is 0 Å². The van der Waals surface area contributed by atoms with E-state index in [1.54, 1.807) is 6.39 Å². The summed E-state index contributed by atoms with van der Waals surface area (Å²) in [5.74, 6) is 1.08. The van der Waals surface area contributed by atoms with Gasteiger partial charge in [-0.25, -0.2) is 0 Å². The van der Waals surface area contributed by atoms with Gasteiger partial charge in [-0.1, -0.05) is 6.08 Å². The summed E-state index contributed by atoms with van der Waals surface area (Å²) in [6.07, 6.45) is 7.97. The third kappa shape index (κ3) is 0.669. The number of aromatic nitrogens is 1. The Morgan fingerprint density at radius 3 is 3.44 bits per heavy atom. The molecule has 1 aromatic heterocycles. The molecule has 0 fully saturated rings. The Bertz CT molecular complexity index is 237. The van der Waals surface area contributed by atoms with Crippen molar-refractivity contribution in [3.05, 3.63) is 23.9 Å². The predicted octanol–water partition coefficient (Wildman–Crippen LogP) is 1.05. The van der Waals surface area contributed by atoms with Crippen LogP contribution in [0.25, 0.3) is 6.08 Å². The third-order valence-corrected chi connectivity index (χ3v) is 1.54. The lowest BCUT2D eigenvalue weighted by Gasteiger charge is -1.94. The van der Waals surface area contributed by atoms with E-state index in [9.17, 15) is 0 Å². The van der Waals surface area contributed by atoms with E-state index in [2.05, 4.69) is 17.1 Å². The molecule has 0 saturated carbocycles. The lowest BCUT2D eigenvalue weighted by molar-refractivity contribution is -0.386. The fourth-order valence-electron chi connectivity index (χ4n) is 1.06. The Kier molecular flexibility index (Phi) is 0.918. The van der Waals surface area contributed by atoms with Gasteiger partial charge in [0, 0.05) is 12.5 Å². The molecular weight excluding hydrogens is 114 g/mol. The summed E-state index contributed by atoms with van der Waals surface area (Å²) in [6, 6.07) is 0. The van der Waals surface area contributed by atoms with Crippen molar-refractivity contribution in [2.24, 2.45) is 0 Å². The van der Waals surface area contributed by atoms with Crippen LogP contribution >= 0.6 is 0 Å². The van der Waals surface area contributed by atoms with Crippen molar-refractivity contribution in [2.75, 3.05) is 0 Å². The summed E-state index contributed by atoms with van der Waals surface area (Å²) in [7, 11) is 0. The second kappa shape index (κ2) is 1.72. The molecule has 0 spiro atoms. The number of aromatic amines is 1. The molecule has 1 aromatic rings. The van der Waals surface area contributed by atoms with E-state index in [1.165, 1.54) is 0 Å². The summed E-state index contributed by atoms with van der Waals surface area (Å²) in [6.45, 7) is 0. The van der Waals surface area contributed by atoms with E-state index in [-0.39, 0.29) is 0 Å². The van der Waals surface area contributed by atoms with Crippen molar-refractivity contribution >= 4 is 6.08 Å². The Balaban J connectivity index is 2.53. The van der Waals surface area contributed by atoms with Crippen LogP contribution in [-0.4, -0.2) is 0 Å². The summed E-state index contributed by atoms with van der Waals surface area (Å²) >= 11 is 0. The molecule has 46 valence electrons. The highest BCUT2D eigenvalue weighted by atomic mass is 16.3. The number of hydrogen-bond donors (Lipinski definition) is 0. The fourth-order valence-corrected chi connectivity index (χ4v) is 1.06. The summed E-state index contributed by atoms with van der Waals surface area (Å²) in [5.41, 5.74) is 1.13. The average molecular weight is 122 g/mol. The van der Waals surface area contributed by atoms with E-state index < -0.39 is 0 Å². The van der Waals surface area contributed by atoms with Crippen molar-refractivity contribution in [3.8, 4) is 0 Å². The number of nitrogens with one attached hydrogen (secondary N) is 1. The highest BCUT2D eigenvalue weighted by Gasteiger charge is 2.12. The van der Waals surface area contributed by atoms with Gasteiger partial charge in [-0.3, -0.25) is 0 Å². The highest BCUT2D eigenvalue weighted by Crippen LogP contribution is 2.13. The summed E-state index contributed by atoms with van der Waals surface area (Å²) in [5, 5.41) is 0. The Morgan fingerprint density at radius 2 is 2.56 bits per heavy atom. The van der Waals surface area contributed by atoms with E-state index >= 15 is 0 Å². The van der Waals surface area contributed by atoms with Gasteiger partial charge in [0.1, 0.15) is 0 Å². The van der Waals surface area contributed by atoms with Gasteiger partial charge in [0.15, 0.2) is 5.76 Å². The molecule has 0 unspecified atom stereocenters. The molecule has 0 amide bonds. The minimum atomic E-state index is 1.04. The van der Waals surface area contributed by atoms with E-state index in [0.717, 1.165) is 24.3 Å². The van der Waals surface area contributed by atoms with Gasteiger partial charge in [0.05, 0.1) is 0 Å². The number of oxazole rings is 1. The van der Waals surface area contributed by atoms with E-state index in [1.807, 2.05) is 0 Å². The number of fused-ring (bicyclic) bond motifs is 1. The van der Waals surface area contributed by atoms with Gasteiger partial charge < -0.3 is 4.42 Å². The van der Waals surface area contributed by atoms with Gasteiger partial charge >= 0.3 is 6.39 Å². The molecule has 0 bridgehead atoms. The predicted molar refractivity (Wildman–Crippen MR) is 32.6 cm³/mol. The Hall–Kier alpha value is -1.05. The second-order valence-electron chi connectivity index (χ2n) is 2.16. The van der Waals surface area contributed by atoms with E-state index in [4.69, 9.17) is 4.42 Å². The molecule has 2 heteroatoms. The number of rotatable bonds is 0. The molecule has 0 saturated heterocycles. The minimum absolute atomic E-state index is 1.04. The number of allylic oxidation sites excluding steroid dienone is 1. The number of hydrogen-bond acceptors (Lipinski definition) is 1. The lowest BCUT2D eigenvalue weighted by atomic mass is 10.1. The zero-order chi connectivity index (χ0) is 6.10. The fraction of sp³-hybridized carbons (Fsp3) is 0.286. The summed E-state index contributed by atoms with van der Waals surface area (Å²) < 4.78 is 5.15. The Morgan fingerprint density at radius 1 is 1.56 bits per heavy atom. The molecule has 0 aliphatic heterocycles. The molecule has 9 heavy (non-hydrogen) atoms. The van der Waals surface area contributed by atoms with Gasteiger partial charge in [0.25, 0.3) is 0 Å². The molecule has 2 nitrogen and oxygen atoms in total. The molecule has 0 atom stereocenters. The largest absolute Gasteiger partial charge is 0.408 e. The topological polar surface area (TPSA) is 27.3 Å². The molecular formula is C7H8NO+. The minimum Gasteiger partial charge on any atom is -0.408 e. The van der Waals surface area contributed by atoms with Crippen LogP contribution in [0.2, 0.25) is 0 Å². The van der Waals surface area contributed by atoms with Crippen LogP contribution in [0, 0.1) is 0 Å². The molecule has 0 radical (unpaired) electrons. The van der Waals surface area contributed by atoms with Gasteiger partial charge in [-0.2, -0.15) is 4.98 Å². The average Bonchev–Trinajstić information content (AvgIpc) is 2.33. The first-order valence-electron chi connectivity index (χ1n) is 3.11. The monoisotopic (exact) mass is 122 g/mol. The number of H-pyrrole nitrogens is 1. The molecule has 1 heterocycles. The second-order valence-corrected chi connectivity index (χ2v) is 2.16. The SMILES string of the molecule is C1=Cc2[nH+]coc2CC1. The van der Waals surface area contributed by atoms with Crippen molar-refractivity contribution in [3.63, 3.8) is 0 Å². The molecule has 1 N–H and O–H groups in total. The first kappa shape index (κ1) is 4.79. The normalized spacial score (nSPS) is 15.6. The van der Waals surface area contributed by atoms with Crippen molar-refractivity contribution in [2.45, 2.75) is 12.8 Å². The van der Waals surface area contributed by atoms with Crippen LogP contribution in [0.1, 0.15) is 17.9 Å². The zero-order valence-electron chi connectivity index (χ0n) is 5.05. The zero-order valence-corrected chi connectivity index (χ0v) is 5.05. The van der Waals surface area contributed by atoms with Crippen molar-refractivity contribution in [1.29, 1.82) is 0 Å². The Labute approximate surface area is 53.2 Å². The van der Waals surface area contributed by atoms with Crippen LogP contribution < -0.4 is 4.98 Å². The number of aryl methyl sites for hydroxylation is 1. The van der Waals surface area contributed by atoms with Crippen LogP contribution in [0.4, 0.5) is 0 Å². The molecule has 2 rings (SSSR count). The standard InChI is InChI=1S/C7H7NO/c1-2-4-7-6(3-1)8-5-9-7/h1,3,5H,2,4H2/p+1. The smallest absolute Gasteiger partial charge is 0.333 e. The quantitative estimate of drug-likeness (QED) is 0.505. The van der Waals surface area contributed by atoms with Gasteiger partial charge in [-0.15, -0.1) is 0 Å². The third-order valence-electron chi connectivity index (χ3n) is 1.54. The maximum absolute atomic E-state index is 5.15. The molecule has 0 aromatic carbocycles. The van der Waals surface area contributed by atoms with Crippen LogP contribution in [0.15, 0.2) is 16.9 Å². The first-order valence-corrected chi connectivity index (χ1v) is 3.11. The maximum Gasteiger partial charge on any atom is 0.333 e. The van der Waals surface area contributed by atoms with Crippen LogP contribution in [0.3, 0.4) is 0 Å².